The largest absolute Gasteiger partial charge is 0.550 e. The van der Waals surface area contributed by atoms with Crippen LogP contribution in [-0.4, -0.2) is 122 Å². The van der Waals surface area contributed by atoms with Crippen molar-refractivity contribution in [3.8, 4) is 0 Å². The van der Waals surface area contributed by atoms with Crippen molar-refractivity contribution in [1.82, 2.24) is 4.31 Å². The molecule has 6 nitrogen and oxygen atoms in total. The van der Waals surface area contributed by atoms with Gasteiger partial charge >= 0.3 is 58.8 Å². The molecule has 0 aromatic heterocycles. The van der Waals surface area contributed by atoms with Gasteiger partial charge in [-0.2, -0.15) is 96.5 Å². The Bertz CT molecular complexity index is 1260. The van der Waals surface area contributed by atoms with Crippen LogP contribution in [0.1, 0.15) is 19.8 Å². The summed E-state index contributed by atoms with van der Waals surface area (Å²) in [7, 11) is -5.15. The molecule has 0 aliphatic carbocycles. The lowest BCUT2D eigenvalue weighted by Gasteiger charge is -2.44. The molecule has 0 aromatic rings. The number of nitrogens with zero attached hydrogens (tertiary/aromatic N) is 2. The molecular weight excluding hydrogens is 763 g/mol. The first kappa shape index (κ1) is 45.9. The van der Waals surface area contributed by atoms with Crippen molar-refractivity contribution < 1.29 is 115 Å². The van der Waals surface area contributed by atoms with Gasteiger partial charge in [-0.25, -0.2) is 8.42 Å². The lowest BCUT2D eigenvalue weighted by Crippen LogP contribution is -2.77. The van der Waals surface area contributed by atoms with Crippen LogP contribution in [0.15, 0.2) is 0 Å². The van der Waals surface area contributed by atoms with Crippen LogP contribution in [0, 0.1) is 0 Å². The molecule has 0 radical (unpaired) electrons. The zero-order valence-electron chi connectivity index (χ0n) is 23.6. The number of hydrogen-bond donors (Lipinski definition) is 0. The molecule has 288 valence electrons. The van der Waals surface area contributed by atoms with Crippen molar-refractivity contribution in [3.63, 3.8) is 0 Å². The maximum atomic E-state index is 14.5. The molecular formula is C20H21F21N2O4S. The zero-order chi connectivity index (χ0) is 39.4. The molecule has 0 heterocycles. The Balaban J connectivity index is 6.94. The van der Waals surface area contributed by atoms with Crippen molar-refractivity contribution >= 4 is 16.0 Å². The molecule has 0 spiro atoms. The normalized spacial score (nSPS) is 16.1. The van der Waals surface area contributed by atoms with Gasteiger partial charge in [-0.15, -0.1) is 0 Å². The van der Waals surface area contributed by atoms with Crippen LogP contribution in [0.3, 0.4) is 0 Å². The van der Waals surface area contributed by atoms with E-state index in [1.807, 2.05) is 0 Å². The quantitative estimate of drug-likeness (QED) is 0.136. The summed E-state index contributed by atoms with van der Waals surface area (Å²) in [5.41, 5.74) is 0. The minimum absolute atomic E-state index is 0.325. The molecule has 0 aliphatic heterocycles. The van der Waals surface area contributed by atoms with Gasteiger partial charge in [-0.3, -0.25) is 0 Å². The Morgan fingerprint density at radius 2 is 0.896 bits per heavy atom. The van der Waals surface area contributed by atoms with Crippen molar-refractivity contribution in [2.75, 3.05) is 40.3 Å². The summed E-state index contributed by atoms with van der Waals surface area (Å²) in [6, 6.07) is 0. The van der Waals surface area contributed by atoms with Crippen molar-refractivity contribution in [1.29, 1.82) is 0 Å². The first-order valence-corrected chi connectivity index (χ1v) is 13.5. The molecule has 28 heteroatoms. The summed E-state index contributed by atoms with van der Waals surface area (Å²) >= 11 is 0. The fourth-order valence-corrected chi connectivity index (χ4v) is 4.98. The highest BCUT2D eigenvalue weighted by molar-refractivity contribution is 7.90. The average molecular weight is 784 g/mol. The van der Waals surface area contributed by atoms with E-state index in [1.54, 1.807) is 0 Å². The van der Waals surface area contributed by atoms with E-state index in [0.717, 1.165) is 0 Å². The molecule has 0 unspecified atom stereocenters. The van der Waals surface area contributed by atoms with Gasteiger partial charge < -0.3 is 14.4 Å². The standard InChI is InChI=1S/C20H21F21N2O4S/c1-4-42(7-5-8-43(2,3)9-6-10(44)45)48(46,47)20(40,41)18(35,36)16(31,32)14(27,28)12(23,24)11(21,22)13(25,26)15(29,30)17(33,34)19(37,38)39/h4-9H2,1-3H3. The number of sulfonamides is 1. The topological polar surface area (TPSA) is 77.5 Å². The van der Waals surface area contributed by atoms with E-state index < -0.39 is 116 Å². The Morgan fingerprint density at radius 3 is 1.19 bits per heavy atom. The average Bonchev–Trinajstić information content (AvgIpc) is 2.88. The van der Waals surface area contributed by atoms with Gasteiger partial charge in [0.1, 0.15) is 0 Å². The van der Waals surface area contributed by atoms with E-state index in [2.05, 4.69) is 0 Å². The Labute approximate surface area is 255 Å². The van der Waals surface area contributed by atoms with Crippen LogP contribution in [-0.2, 0) is 14.8 Å². The summed E-state index contributed by atoms with van der Waals surface area (Å²) in [4.78, 5) is 10.5. The number of aliphatic carboxylic acids is 1. The Kier molecular flexibility index (Phi) is 12.3. The minimum atomic E-state index is -9.39. The van der Waals surface area contributed by atoms with E-state index in [-0.39, 0.29) is 6.54 Å². The van der Waals surface area contributed by atoms with Gasteiger partial charge in [0.25, 0.3) is 10.0 Å². The number of carbonyl (C=O) groups is 1. The zero-order valence-corrected chi connectivity index (χ0v) is 24.4. The Hall–Kier alpha value is -2.13. The van der Waals surface area contributed by atoms with E-state index in [4.69, 9.17) is 0 Å². The molecule has 0 bridgehead atoms. The summed E-state index contributed by atoms with van der Waals surface area (Å²) < 4.78 is 308. The second kappa shape index (κ2) is 12.9. The maximum Gasteiger partial charge on any atom is 0.460 e. The maximum absolute atomic E-state index is 14.5. The smallest absolute Gasteiger partial charge is 0.460 e. The molecule has 48 heavy (non-hydrogen) atoms. The lowest BCUT2D eigenvalue weighted by atomic mass is 9.87. The van der Waals surface area contributed by atoms with E-state index >= 15 is 0 Å². The fraction of sp³-hybridized carbons (Fsp3) is 0.950. The minimum Gasteiger partial charge on any atom is -0.550 e. The number of carboxylic acids is 1. The van der Waals surface area contributed by atoms with E-state index in [1.165, 1.54) is 14.1 Å². The molecule has 0 saturated heterocycles. The highest BCUT2D eigenvalue weighted by Gasteiger charge is 2.98. The van der Waals surface area contributed by atoms with Crippen LogP contribution in [0.4, 0.5) is 92.2 Å². The van der Waals surface area contributed by atoms with Gasteiger partial charge in [-0.1, -0.05) is 6.92 Å². The number of carbonyl (C=O) groups excluding carboxylic acids is 1. The summed E-state index contributed by atoms with van der Waals surface area (Å²) in [6.45, 7) is -3.21. The SMILES string of the molecule is CCN(CCC[N+](C)(C)CCC(=O)[O-])S(=O)(=O)C(F)(F)C(F)(F)C(F)(F)C(F)(F)C(F)(F)C(F)(F)C(F)(F)C(F)(F)C(F)(F)C(F)(F)F. The molecule has 0 atom stereocenters. The predicted molar refractivity (Wildman–Crippen MR) is 113 cm³/mol. The third kappa shape index (κ3) is 6.80. The first-order valence-electron chi connectivity index (χ1n) is 12.1. The highest BCUT2D eigenvalue weighted by atomic mass is 32.2. The third-order valence-corrected chi connectivity index (χ3v) is 8.62. The third-order valence-electron chi connectivity index (χ3n) is 6.59. The van der Waals surface area contributed by atoms with E-state index in [9.17, 15) is 111 Å². The van der Waals surface area contributed by atoms with Gasteiger partial charge in [-0.05, 0) is 0 Å². The molecule has 0 amide bonds. The second-order valence-electron chi connectivity index (χ2n) is 10.5. The van der Waals surface area contributed by atoms with Gasteiger partial charge in [0.05, 0.1) is 27.2 Å². The monoisotopic (exact) mass is 784 g/mol. The molecule has 0 aliphatic rings. The van der Waals surface area contributed by atoms with Crippen molar-refractivity contribution in [2.45, 2.75) is 78.6 Å². The number of carboxylic acid groups (broad SMARTS) is 1. The first-order chi connectivity index (χ1) is 20.6. The fourth-order valence-electron chi connectivity index (χ4n) is 3.50. The highest BCUT2D eigenvalue weighted by Crippen LogP contribution is 2.66. The summed E-state index contributed by atoms with van der Waals surface area (Å²) in [5.74, 6) is -74.2. The second-order valence-corrected chi connectivity index (χ2v) is 12.4. The van der Waals surface area contributed by atoms with Crippen molar-refractivity contribution in [3.05, 3.63) is 0 Å². The summed E-state index contributed by atoms with van der Waals surface area (Å²) in [6.07, 6.45) is -9.55. The molecule has 0 fully saturated rings. The number of halogens is 21. The predicted octanol–water partition coefficient (Wildman–Crippen LogP) is 5.48. The van der Waals surface area contributed by atoms with Gasteiger partial charge in [0, 0.05) is 31.9 Å². The van der Waals surface area contributed by atoms with Crippen molar-refractivity contribution in [2.24, 2.45) is 0 Å². The van der Waals surface area contributed by atoms with Crippen LogP contribution in [0.25, 0.3) is 0 Å². The van der Waals surface area contributed by atoms with Crippen LogP contribution < -0.4 is 5.11 Å². The number of hydrogen-bond acceptors (Lipinski definition) is 4. The molecule has 0 rings (SSSR count). The number of quaternary nitrogens is 1. The molecule has 0 aromatic carbocycles. The van der Waals surface area contributed by atoms with Crippen LogP contribution >= 0.6 is 0 Å². The van der Waals surface area contributed by atoms with Crippen LogP contribution in [0.5, 0.6) is 0 Å². The molecule has 0 N–H and O–H groups in total. The molecule has 0 saturated carbocycles. The van der Waals surface area contributed by atoms with Gasteiger partial charge in [0.15, 0.2) is 0 Å². The summed E-state index contributed by atoms with van der Waals surface area (Å²) in [5, 5.41) is 2.71. The number of rotatable bonds is 18. The van der Waals surface area contributed by atoms with E-state index in [0.29, 0.717) is 6.92 Å². The van der Waals surface area contributed by atoms with Gasteiger partial charge in [0.2, 0.25) is 0 Å². The lowest BCUT2D eigenvalue weighted by molar-refractivity contribution is -0.890. The van der Waals surface area contributed by atoms with Crippen LogP contribution in [0.2, 0.25) is 0 Å². The number of alkyl halides is 21. The Morgan fingerprint density at radius 1 is 0.583 bits per heavy atom.